The zero-order chi connectivity index (χ0) is 15.0. The van der Waals surface area contributed by atoms with E-state index in [4.69, 9.17) is 4.74 Å². The Morgan fingerprint density at radius 2 is 1.85 bits per heavy atom. The van der Waals surface area contributed by atoms with Crippen molar-refractivity contribution in [1.82, 2.24) is 5.32 Å². The molecule has 0 aliphatic carbocycles. The molecule has 0 amide bonds. The molecule has 0 fully saturated rings. The Kier molecular flexibility index (Phi) is 7.08. The Morgan fingerprint density at radius 3 is 2.45 bits per heavy atom. The predicted octanol–water partition coefficient (Wildman–Crippen LogP) is 4.32. The molecule has 0 aliphatic heterocycles. The van der Waals surface area contributed by atoms with E-state index < -0.39 is 0 Å². The maximum absolute atomic E-state index is 5.50. The molecule has 2 heteroatoms. The van der Waals surface area contributed by atoms with Gasteiger partial charge >= 0.3 is 0 Å². The molecule has 1 rings (SSSR count). The van der Waals surface area contributed by atoms with Crippen LogP contribution in [0.2, 0.25) is 0 Å². The largest absolute Gasteiger partial charge is 0.496 e. The Labute approximate surface area is 124 Å². The lowest BCUT2D eigenvalue weighted by Crippen LogP contribution is -2.13. The van der Waals surface area contributed by atoms with Crippen LogP contribution in [0.3, 0.4) is 0 Å². The van der Waals surface area contributed by atoms with Crippen molar-refractivity contribution in [2.24, 2.45) is 0 Å². The van der Waals surface area contributed by atoms with E-state index in [2.05, 4.69) is 51.2 Å². The highest BCUT2D eigenvalue weighted by Gasteiger charge is 2.15. The number of hydrogen-bond acceptors (Lipinski definition) is 2. The molecule has 2 nitrogen and oxygen atoms in total. The first-order valence-electron chi connectivity index (χ1n) is 7.87. The van der Waals surface area contributed by atoms with Crippen LogP contribution in [-0.2, 0) is 11.8 Å². The number of unbranched alkanes of at least 4 members (excludes halogenated alkanes) is 2. The van der Waals surface area contributed by atoms with Gasteiger partial charge in [0, 0.05) is 0 Å². The molecule has 0 atom stereocenters. The van der Waals surface area contributed by atoms with Gasteiger partial charge in [-0.3, -0.25) is 0 Å². The average Bonchev–Trinajstić information content (AvgIpc) is 2.41. The predicted molar refractivity (Wildman–Crippen MR) is 87.8 cm³/mol. The van der Waals surface area contributed by atoms with Crippen LogP contribution in [0.4, 0.5) is 0 Å². The normalized spacial score (nSPS) is 11.7. The second kappa shape index (κ2) is 8.31. The number of nitrogens with one attached hydrogen (secondary N) is 1. The molecule has 1 aromatic carbocycles. The molecule has 0 bridgehead atoms. The monoisotopic (exact) mass is 277 g/mol. The molecule has 0 unspecified atom stereocenters. The summed E-state index contributed by atoms with van der Waals surface area (Å²) in [6.07, 6.45) is 4.87. The first kappa shape index (κ1) is 17.0. The summed E-state index contributed by atoms with van der Waals surface area (Å²) in [5.41, 5.74) is 2.94. The second-order valence-corrected chi connectivity index (χ2v) is 6.44. The summed E-state index contributed by atoms with van der Waals surface area (Å²) in [4.78, 5) is 0. The van der Waals surface area contributed by atoms with Gasteiger partial charge in [-0.25, -0.2) is 0 Å². The van der Waals surface area contributed by atoms with Gasteiger partial charge in [0.2, 0.25) is 0 Å². The fraction of sp³-hybridized carbons (Fsp3) is 0.667. The first-order chi connectivity index (χ1) is 9.49. The SMILES string of the molecule is CCNCCCCCc1cc(C(C)(C)C)ccc1OC. The molecular formula is C18H31NO. The lowest BCUT2D eigenvalue weighted by molar-refractivity contribution is 0.408. The van der Waals surface area contributed by atoms with Crippen LogP contribution in [0.25, 0.3) is 0 Å². The highest BCUT2D eigenvalue weighted by molar-refractivity contribution is 5.39. The minimum atomic E-state index is 0.200. The van der Waals surface area contributed by atoms with Crippen molar-refractivity contribution in [1.29, 1.82) is 0 Å². The average molecular weight is 277 g/mol. The summed E-state index contributed by atoms with van der Waals surface area (Å²) in [5, 5.41) is 3.37. The quantitative estimate of drug-likeness (QED) is 0.715. The van der Waals surface area contributed by atoms with Crippen molar-refractivity contribution >= 4 is 0 Å². The van der Waals surface area contributed by atoms with Crippen molar-refractivity contribution in [2.45, 2.75) is 58.8 Å². The molecule has 1 N–H and O–H groups in total. The van der Waals surface area contributed by atoms with E-state index >= 15 is 0 Å². The fourth-order valence-electron chi connectivity index (χ4n) is 2.36. The molecule has 0 saturated carbocycles. The van der Waals surface area contributed by atoms with Gasteiger partial charge in [0.15, 0.2) is 0 Å². The Morgan fingerprint density at radius 1 is 1.10 bits per heavy atom. The Balaban J connectivity index is 2.58. The molecule has 0 radical (unpaired) electrons. The van der Waals surface area contributed by atoms with Gasteiger partial charge in [-0.05, 0) is 55.0 Å². The molecule has 1 aromatic rings. The van der Waals surface area contributed by atoms with Crippen LogP contribution >= 0.6 is 0 Å². The summed E-state index contributed by atoms with van der Waals surface area (Å²) < 4.78 is 5.50. The number of benzene rings is 1. The van der Waals surface area contributed by atoms with Crippen LogP contribution in [0, 0.1) is 0 Å². The van der Waals surface area contributed by atoms with Crippen LogP contribution in [-0.4, -0.2) is 20.2 Å². The van der Waals surface area contributed by atoms with Gasteiger partial charge in [0.05, 0.1) is 7.11 Å². The van der Waals surface area contributed by atoms with Crippen molar-refractivity contribution in [3.63, 3.8) is 0 Å². The standard InChI is InChI=1S/C18H31NO/c1-6-19-13-9-7-8-10-15-14-16(18(2,3)4)11-12-17(15)20-5/h11-12,14,19H,6-10,13H2,1-5H3. The molecule has 0 heterocycles. The molecule has 20 heavy (non-hydrogen) atoms. The summed E-state index contributed by atoms with van der Waals surface area (Å²) in [5.74, 6) is 1.03. The summed E-state index contributed by atoms with van der Waals surface area (Å²) >= 11 is 0. The molecule has 114 valence electrons. The third-order valence-electron chi connectivity index (χ3n) is 3.70. The van der Waals surface area contributed by atoms with Gasteiger partial charge in [0.1, 0.15) is 5.75 Å². The number of ether oxygens (including phenoxy) is 1. The number of methoxy groups -OCH3 is 1. The number of hydrogen-bond donors (Lipinski definition) is 1. The molecule has 0 spiro atoms. The van der Waals surface area contributed by atoms with E-state index in [0.29, 0.717) is 0 Å². The summed E-state index contributed by atoms with van der Waals surface area (Å²) in [6, 6.07) is 6.63. The Bertz CT molecular complexity index is 393. The van der Waals surface area contributed by atoms with Gasteiger partial charge in [-0.15, -0.1) is 0 Å². The van der Waals surface area contributed by atoms with E-state index in [9.17, 15) is 0 Å². The summed E-state index contributed by atoms with van der Waals surface area (Å²) in [7, 11) is 1.76. The van der Waals surface area contributed by atoms with E-state index in [1.807, 2.05) is 0 Å². The minimum absolute atomic E-state index is 0.200. The van der Waals surface area contributed by atoms with E-state index in [1.54, 1.807) is 7.11 Å². The topological polar surface area (TPSA) is 21.3 Å². The summed E-state index contributed by atoms with van der Waals surface area (Å²) in [6.45, 7) is 11.1. The van der Waals surface area contributed by atoms with E-state index in [1.165, 1.54) is 30.4 Å². The highest BCUT2D eigenvalue weighted by atomic mass is 16.5. The van der Waals surface area contributed by atoms with Crippen LogP contribution in [0.15, 0.2) is 18.2 Å². The van der Waals surface area contributed by atoms with Crippen LogP contribution in [0.5, 0.6) is 5.75 Å². The zero-order valence-corrected chi connectivity index (χ0v) is 13.9. The van der Waals surface area contributed by atoms with Crippen LogP contribution < -0.4 is 10.1 Å². The molecule has 0 aromatic heterocycles. The van der Waals surface area contributed by atoms with Crippen molar-refractivity contribution in [3.05, 3.63) is 29.3 Å². The maximum atomic E-state index is 5.50. The van der Waals surface area contributed by atoms with Gasteiger partial charge in [-0.1, -0.05) is 46.2 Å². The van der Waals surface area contributed by atoms with Crippen LogP contribution in [0.1, 0.15) is 58.1 Å². The lowest BCUT2D eigenvalue weighted by Gasteiger charge is -2.21. The minimum Gasteiger partial charge on any atom is -0.496 e. The second-order valence-electron chi connectivity index (χ2n) is 6.44. The van der Waals surface area contributed by atoms with Crippen molar-refractivity contribution in [3.8, 4) is 5.75 Å². The van der Waals surface area contributed by atoms with Gasteiger partial charge in [-0.2, -0.15) is 0 Å². The smallest absolute Gasteiger partial charge is 0.122 e. The lowest BCUT2D eigenvalue weighted by atomic mass is 9.85. The third-order valence-corrected chi connectivity index (χ3v) is 3.70. The highest BCUT2D eigenvalue weighted by Crippen LogP contribution is 2.28. The Hall–Kier alpha value is -1.02. The molecule has 0 saturated heterocycles. The van der Waals surface area contributed by atoms with E-state index in [0.717, 1.165) is 25.3 Å². The fourth-order valence-corrected chi connectivity index (χ4v) is 2.36. The van der Waals surface area contributed by atoms with Crippen molar-refractivity contribution < 1.29 is 4.74 Å². The third kappa shape index (κ3) is 5.54. The van der Waals surface area contributed by atoms with Gasteiger partial charge in [0.25, 0.3) is 0 Å². The van der Waals surface area contributed by atoms with E-state index in [-0.39, 0.29) is 5.41 Å². The first-order valence-corrected chi connectivity index (χ1v) is 7.87. The van der Waals surface area contributed by atoms with Gasteiger partial charge < -0.3 is 10.1 Å². The number of rotatable bonds is 8. The molecular weight excluding hydrogens is 246 g/mol. The zero-order valence-electron chi connectivity index (χ0n) is 13.9. The van der Waals surface area contributed by atoms with Crippen molar-refractivity contribution in [2.75, 3.05) is 20.2 Å². The molecule has 0 aliphatic rings. The number of aryl methyl sites for hydroxylation is 1. The maximum Gasteiger partial charge on any atom is 0.122 e.